The minimum atomic E-state index is -3.01. The average Bonchev–Trinajstić information content (AvgIpc) is 2.21. The Morgan fingerprint density at radius 1 is 0.833 bits per heavy atom. The molecule has 0 saturated carbocycles. The van der Waals surface area contributed by atoms with Crippen molar-refractivity contribution in [3.8, 4) is 0 Å². The van der Waals surface area contributed by atoms with Crippen LogP contribution in [0, 0.1) is 5.41 Å². The molecular weight excluding hydrogens is 246 g/mol. The molecule has 0 atom stereocenters. The van der Waals surface area contributed by atoms with Gasteiger partial charge in [-0.15, -0.1) is 0 Å². The van der Waals surface area contributed by atoms with Crippen molar-refractivity contribution in [2.75, 3.05) is 19.3 Å². The highest BCUT2D eigenvalue weighted by atomic mass is 32.2. The summed E-state index contributed by atoms with van der Waals surface area (Å²) in [5.74, 6) is 0. The highest BCUT2D eigenvalue weighted by Gasteiger charge is 2.20. The molecule has 0 bridgehead atoms. The Morgan fingerprint density at radius 3 is 1.83 bits per heavy atom. The van der Waals surface area contributed by atoms with Crippen LogP contribution in [-0.4, -0.2) is 32.1 Å². The van der Waals surface area contributed by atoms with Gasteiger partial charge in [0.25, 0.3) is 0 Å². The van der Waals surface area contributed by atoms with E-state index in [1.165, 1.54) is 31.9 Å². The molecule has 0 spiro atoms. The smallest absolute Gasteiger partial charge is 0.211 e. The topological polar surface area (TPSA) is 37.4 Å². The molecule has 0 aliphatic carbocycles. The fourth-order valence-corrected chi connectivity index (χ4v) is 3.63. The maximum Gasteiger partial charge on any atom is 0.211 e. The van der Waals surface area contributed by atoms with Gasteiger partial charge >= 0.3 is 0 Å². The lowest BCUT2D eigenvalue weighted by molar-refractivity contribution is 0.271. The van der Waals surface area contributed by atoms with Crippen LogP contribution in [0.2, 0.25) is 0 Å². The lowest BCUT2D eigenvalue weighted by Gasteiger charge is -2.26. The minimum Gasteiger partial charge on any atom is -0.213 e. The maximum atomic E-state index is 11.7. The van der Waals surface area contributed by atoms with Crippen molar-refractivity contribution in [1.82, 2.24) is 4.31 Å². The summed E-state index contributed by atoms with van der Waals surface area (Å²) >= 11 is 0. The SMILES string of the molecule is CC1(C)CCCCCCN(S(C)(=O)=O)CCCC1. The lowest BCUT2D eigenvalue weighted by Crippen LogP contribution is -2.32. The molecule has 1 rings (SSSR count). The second-order valence-corrected chi connectivity index (χ2v) is 8.43. The fraction of sp³-hybridized carbons (Fsp3) is 1.00. The zero-order chi connectivity index (χ0) is 13.6. The van der Waals surface area contributed by atoms with Gasteiger partial charge in [0.05, 0.1) is 6.26 Å². The second-order valence-electron chi connectivity index (χ2n) is 6.45. The van der Waals surface area contributed by atoms with Gasteiger partial charge in [-0.2, -0.15) is 0 Å². The van der Waals surface area contributed by atoms with E-state index in [1.54, 1.807) is 4.31 Å². The van der Waals surface area contributed by atoms with Crippen LogP contribution in [0.3, 0.4) is 0 Å². The highest BCUT2D eigenvalue weighted by molar-refractivity contribution is 7.88. The van der Waals surface area contributed by atoms with Crippen LogP contribution in [0.15, 0.2) is 0 Å². The predicted molar refractivity (Wildman–Crippen MR) is 77.1 cm³/mol. The van der Waals surface area contributed by atoms with Crippen LogP contribution in [0.4, 0.5) is 0 Å². The normalized spacial score (nSPS) is 25.1. The van der Waals surface area contributed by atoms with Crippen LogP contribution >= 0.6 is 0 Å². The maximum absolute atomic E-state index is 11.7. The van der Waals surface area contributed by atoms with Crippen LogP contribution in [-0.2, 0) is 10.0 Å². The summed E-state index contributed by atoms with van der Waals surface area (Å²) in [4.78, 5) is 0. The van der Waals surface area contributed by atoms with E-state index < -0.39 is 10.0 Å². The van der Waals surface area contributed by atoms with E-state index in [0.717, 1.165) is 25.7 Å². The van der Waals surface area contributed by atoms with Gasteiger partial charge in [0.15, 0.2) is 0 Å². The molecule has 3 nitrogen and oxygen atoms in total. The predicted octanol–water partition coefficient (Wildman–Crippen LogP) is 3.41. The molecule has 1 aliphatic rings. The van der Waals surface area contributed by atoms with E-state index in [0.29, 0.717) is 18.5 Å². The summed E-state index contributed by atoms with van der Waals surface area (Å²) < 4.78 is 25.0. The lowest BCUT2D eigenvalue weighted by atomic mass is 9.82. The first-order valence-electron chi connectivity index (χ1n) is 7.26. The van der Waals surface area contributed by atoms with Crippen molar-refractivity contribution < 1.29 is 8.42 Å². The molecule has 0 aromatic rings. The van der Waals surface area contributed by atoms with Gasteiger partial charge in [0.1, 0.15) is 0 Å². The van der Waals surface area contributed by atoms with Crippen LogP contribution in [0.5, 0.6) is 0 Å². The second kappa shape index (κ2) is 6.90. The van der Waals surface area contributed by atoms with Crippen molar-refractivity contribution in [3.63, 3.8) is 0 Å². The van der Waals surface area contributed by atoms with E-state index >= 15 is 0 Å². The molecular formula is C14H29NO2S. The van der Waals surface area contributed by atoms with Crippen molar-refractivity contribution in [3.05, 3.63) is 0 Å². The quantitative estimate of drug-likeness (QED) is 0.735. The van der Waals surface area contributed by atoms with Crippen LogP contribution < -0.4 is 0 Å². The zero-order valence-electron chi connectivity index (χ0n) is 12.2. The summed E-state index contributed by atoms with van der Waals surface area (Å²) in [6, 6.07) is 0. The molecule has 0 amide bonds. The Labute approximate surface area is 113 Å². The van der Waals surface area contributed by atoms with Gasteiger partial charge in [0.2, 0.25) is 10.0 Å². The van der Waals surface area contributed by atoms with E-state index in [4.69, 9.17) is 0 Å². The molecule has 0 radical (unpaired) electrons. The third kappa shape index (κ3) is 6.19. The van der Waals surface area contributed by atoms with Crippen LogP contribution in [0.1, 0.15) is 65.2 Å². The minimum absolute atomic E-state index is 0.426. The Morgan fingerprint density at radius 2 is 1.28 bits per heavy atom. The summed E-state index contributed by atoms with van der Waals surface area (Å²) in [6.45, 7) is 6.09. The monoisotopic (exact) mass is 275 g/mol. The van der Waals surface area contributed by atoms with Gasteiger partial charge in [-0.25, -0.2) is 12.7 Å². The number of hydrogen-bond acceptors (Lipinski definition) is 2. The average molecular weight is 275 g/mol. The van der Waals surface area contributed by atoms with Gasteiger partial charge < -0.3 is 0 Å². The molecule has 0 N–H and O–H groups in total. The Bertz CT molecular complexity index is 336. The number of sulfonamides is 1. The Kier molecular flexibility index (Phi) is 6.12. The molecule has 0 unspecified atom stereocenters. The van der Waals surface area contributed by atoms with E-state index in [-0.39, 0.29) is 0 Å². The summed E-state index contributed by atoms with van der Waals surface area (Å²) in [6.07, 6.45) is 10.7. The first kappa shape index (κ1) is 16.0. The molecule has 1 aliphatic heterocycles. The van der Waals surface area contributed by atoms with Crippen molar-refractivity contribution in [2.24, 2.45) is 5.41 Å². The van der Waals surface area contributed by atoms with Crippen LogP contribution in [0.25, 0.3) is 0 Å². The third-order valence-electron chi connectivity index (χ3n) is 3.99. The molecule has 1 fully saturated rings. The highest BCUT2D eigenvalue weighted by Crippen LogP contribution is 2.30. The standard InChI is InChI=1S/C14H29NO2S/c1-14(2)10-6-4-5-8-12-15(18(3,16)17)13-9-7-11-14/h4-13H2,1-3H3. The molecule has 18 heavy (non-hydrogen) atoms. The molecule has 0 aromatic carbocycles. The van der Waals surface area contributed by atoms with Gasteiger partial charge in [-0.3, -0.25) is 0 Å². The first-order valence-corrected chi connectivity index (χ1v) is 9.11. The Balaban J connectivity index is 2.55. The van der Waals surface area contributed by atoms with E-state index in [9.17, 15) is 8.42 Å². The van der Waals surface area contributed by atoms with Gasteiger partial charge in [-0.1, -0.05) is 39.5 Å². The van der Waals surface area contributed by atoms with Crippen molar-refractivity contribution >= 4 is 10.0 Å². The number of hydrogen-bond donors (Lipinski definition) is 0. The van der Waals surface area contributed by atoms with Gasteiger partial charge in [0, 0.05) is 13.1 Å². The summed E-state index contributed by atoms with van der Waals surface area (Å²) in [5.41, 5.74) is 0.426. The zero-order valence-corrected chi connectivity index (χ0v) is 13.1. The number of rotatable bonds is 1. The first-order chi connectivity index (χ1) is 8.31. The molecule has 0 aromatic heterocycles. The fourth-order valence-electron chi connectivity index (χ4n) is 2.71. The molecule has 4 heteroatoms. The summed E-state index contributed by atoms with van der Waals surface area (Å²) in [5, 5.41) is 0. The molecule has 1 heterocycles. The van der Waals surface area contributed by atoms with E-state index in [2.05, 4.69) is 13.8 Å². The van der Waals surface area contributed by atoms with Crippen molar-refractivity contribution in [2.45, 2.75) is 65.2 Å². The molecule has 108 valence electrons. The largest absolute Gasteiger partial charge is 0.213 e. The van der Waals surface area contributed by atoms with Crippen molar-refractivity contribution in [1.29, 1.82) is 0 Å². The summed E-state index contributed by atoms with van der Waals surface area (Å²) in [7, 11) is -3.01. The van der Waals surface area contributed by atoms with E-state index in [1.807, 2.05) is 0 Å². The molecule has 1 saturated heterocycles. The third-order valence-corrected chi connectivity index (χ3v) is 5.29. The number of nitrogens with zero attached hydrogens (tertiary/aromatic N) is 1. The van der Waals surface area contributed by atoms with Gasteiger partial charge in [-0.05, 0) is 31.1 Å². The Hall–Kier alpha value is -0.0900.